The molecule has 6 heteroatoms. The van der Waals surface area contributed by atoms with Crippen LogP contribution in [0.25, 0.3) is 0 Å². The number of nitrogens with two attached hydrogens (primary N) is 1. The van der Waals surface area contributed by atoms with Crippen LogP contribution in [0, 0.1) is 0 Å². The molecule has 0 amide bonds. The summed E-state index contributed by atoms with van der Waals surface area (Å²) in [6.45, 7) is 0. The molecule has 0 spiro atoms. The molecule has 0 bridgehead atoms. The highest BCUT2D eigenvalue weighted by atomic mass is 32.2. The molecule has 2 unspecified atom stereocenters. The average Bonchev–Trinajstić information content (AvgIpc) is 2.87. The molecule has 1 heterocycles. The number of benzene rings is 1. The van der Waals surface area contributed by atoms with E-state index in [0.717, 1.165) is 23.7 Å². The molecule has 2 atom stereocenters. The predicted octanol–water partition coefficient (Wildman–Crippen LogP) is 1.93. The van der Waals surface area contributed by atoms with Crippen molar-refractivity contribution < 1.29 is 4.74 Å². The number of hydrogen-bond donors (Lipinski definition) is 1. The maximum atomic E-state index is 6.43. The van der Waals surface area contributed by atoms with E-state index in [0.29, 0.717) is 5.25 Å². The number of rotatable bonds is 3. The third-order valence-electron chi connectivity index (χ3n) is 3.73. The monoisotopic (exact) mass is 290 g/mol. The Kier molecular flexibility index (Phi) is 3.67. The van der Waals surface area contributed by atoms with Crippen LogP contribution in [0.3, 0.4) is 0 Å². The largest absolute Gasteiger partial charge is 0.497 e. The highest BCUT2D eigenvalue weighted by Crippen LogP contribution is 2.39. The summed E-state index contributed by atoms with van der Waals surface area (Å²) in [5, 5.41) is 5.35. The third kappa shape index (κ3) is 2.41. The van der Waals surface area contributed by atoms with Gasteiger partial charge < -0.3 is 10.5 Å². The van der Waals surface area contributed by atoms with E-state index in [2.05, 4.69) is 22.2 Å². The Morgan fingerprint density at radius 1 is 1.45 bits per heavy atom. The highest BCUT2D eigenvalue weighted by Gasteiger charge is 2.28. The lowest BCUT2D eigenvalue weighted by atomic mass is 9.87. The first-order valence-electron chi connectivity index (χ1n) is 6.62. The van der Waals surface area contributed by atoms with Gasteiger partial charge in [0.05, 0.1) is 7.11 Å². The fraction of sp³-hybridized carbons (Fsp3) is 0.429. The lowest BCUT2D eigenvalue weighted by molar-refractivity contribution is 0.413. The Labute approximate surface area is 122 Å². The molecule has 0 saturated heterocycles. The van der Waals surface area contributed by atoms with Crippen molar-refractivity contribution in [2.75, 3.05) is 7.11 Å². The van der Waals surface area contributed by atoms with Crippen LogP contribution in [0.15, 0.2) is 29.7 Å². The van der Waals surface area contributed by atoms with Gasteiger partial charge in [0, 0.05) is 18.3 Å². The van der Waals surface area contributed by atoms with Crippen LogP contribution in [0.2, 0.25) is 0 Å². The van der Waals surface area contributed by atoms with Crippen molar-refractivity contribution in [3.8, 4) is 5.75 Å². The summed E-state index contributed by atoms with van der Waals surface area (Å²) in [7, 11) is 3.60. The maximum absolute atomic E-state index is 6.43. The van der Waals surface area contributed by atoms with Gasteiger partial charge in [-0.25, -0.2) is 9.67 Å². The Bertz CT molecular complexity index is 613. The molecule has 20 heavy (non-hydrogen) atoms. The van der Waals surface area contributed by atoms with Gasteiger partial charge in [-0.05, 0) is 36.1 Å². The Morgan fingerprint density at radius 2 is 2.30 bits per heavy atom. The Morgan fingerprint density at radius 3 is 3.00 bits per heavy atom. The number of methoxy groups -OCH3 is 1. The average molecular weight is 290 g/mol. The van der Waals surface area contributed by atoms with Gasteiger partial charge >= 0.3 is 0 Å². The zero-order valence-corrected chi connectivity index (χ0v) is 12.4. The first-order valence-corrected chi connectivity index (χ1v) is 7.50. The summed E-state index contributed by atoms with van der Waals surface area (Å²) < 4.78 is 7.07. The minimum absolute atomic E-state index is 0.0198. The van der Waals surface area contributed by atoms with Crippen LogP contribution in [0.4, 0.5) is 0 Å². The van der Waals surface area contributed by atoms with Crippen LogP contribution in [0.5, 0.6) is 5.75 Å². The molecule has 0 fully saturated rings. The summed E-state index contributed by atoms with van der Waals surface area (Å²) in [6.07, 6.45) is 3.64. The van der Waals surface area contributed by atoms with Crippen LogP contribution in [-0.4, -0.2) is 27.1 Å². The molecule has 2 aromatic rings. The van der Waals surface area contributed by atoms with Gasteiger partial charge in [0.2, 0.25) is 0 Å². The maximum Gasteiger partial charge on any atom is 0.186 e. The molecule has 1 aromatic heterocycles. The van der Waals surface area contributed by atoms with Crippen molar-refractivity contribution in [3.63, 3.8) is 0 Å². The first kappa shape index (κ1) is 13.5. The van der Waals surface area contributed by atoms with E-state index in [-0.39, 0.29) is 6.04 Å². The topological polar surface area (TPSA) is 66.0 Å². The fourth-order valence-corrected chi connectivity index (χ4v) is 3.70. The van der Waals surface area contributed by atoms with Crippen LogP contribution < -0.4 is 10.5 Å². The van der Waals surface area contributed by atoms with Crippen molar-refractivity contribution in [1.29, 1.82) is 0 Å². The zero-order chi connectivity index (χ0) is 14.1. The summed E-state index contributed by atoms with van der Waals surface area (Å²) in [6, 6.07) is 6.18. The lowest BCUT2D eigenvalue weighted by Crippen LogP contribution is -2.29. The summed E-state index contributed by atoms with van der Waals surface area (Å²) in [4.78, 5) is 4.27. The SMILES string of the molecule is COc1ccc2c(c1)CCC(Sc1ncnn1C)C2N. The summed E-state index contributed by atoms with van der Waals surface area (Å²) in [5.74, 6) is 0.898. The van der Waals surface area contributed by atoms with Crippen molar-refractivity contribution in [3.05, 3.63) is 35.7 Å². The molecule has 106 valence electrons. The van der Waals surface area contributed by atoms with Crippen LogP contribution >= 0.6 is 11.8 Å². The molecular weight excluding hydrogens is 272 g/mol. The van der Waals surface area contributed by atoms with Gasteiger partial charge in [0.25, 0.3) is 0 Å². The molecule has 1 aromatic carbocycles. The van der Waals surface area contributed by atoms with Gasteiger partial charge in [-0.15, -0.1) is 0 Å². The summed E-state index contributed by atoms with van der Waals surface area (Å²) >= 11 is 1.71. The smallest absolute Gasteiger partial charge is 0.186 e. The van der Waals surface area contributed by atoms with Crippen molar-refractivity contribution in [2.45, 2.75) is 29.3 Å². The molecule has 0 aliphatic heterocycles. The third-order valence-corrected chi connectivity index (χ3v) is 5.15. The van der Waals surface area contributed by atoms with E-state index in [1.807, 2.05) is 13.1 Å². The number of nitrogens with zero attached hydrogens (tertiary/aromatic N) is 3. The number of aryl methyl sites for hydroxylation is 2. The highest BCUT2D eigenvalue weighted by molar-refractivity contribution is 7.99. The van der Waals surface area contributed by atoms with E-state index >= 15 is 0 Å². The van der Waals surface area contributed by atoms with Gasteiger partial charge in [-0.3, -0.25) is 0 Å². The standard InChI is InChI=1S/C14H18N4OS/c1-18-14(16-8-17-18)20-12-6-3-9-7-10(19-2)4-5-11(9)13(12)15/h4-5,7-8,12-13H,3,6,15H2,1-2H3. The van der Waals surface area contributed by atoms with Crippen molar-refractivity contribution in [2.24, 2.45) is 12.8 Å². The van der Waals surface area contributed by atoms with Crippen molar-refractivity contribution in [1.82, 2.24) is 14.8 Å². The molecule has 3 rings (SSSR count). The molecule has 1 aliphatic carbocycles. The van der Waals surface area contributed by atoms with Gasteiger partial charge in [0.15, 0.2) is 5.16 Å². The van der Waals surface area contributed by atoms with Crippen molar-refractivity contribution >= 4 is 11.8 Å². The van der Waals surface area contributed by atoms with Gasteiger partial charge in [-0.1, -0.05) is 17.8 Å². The van der Waals surface area contributed by atoms with E-state index in [1.54, 1.807) is 29.9 Å². The molecule has 1 aliphatic rings. The first-order chi connectivity index (χ1) is 9.69. The molecule has 0 radical (unpaired) electrons. The Hall–Kier alpha value is -1.53. The fourth-order valence-electron chi connectivity index (χ4n) is 2.59. The number of ether oxygens (including phenoxy) is 1. The van der Waals surface area contributed by atoms with E-state index < -0.39 is 0 Å². The minimum Gasteiger partial charge on any atom is -0.497 e. The molecule has 2 N–H and O–H groups in total. The number of thioether (sulfide) groups is 1. The summed E-state index contributed by atoms with van der Waals surface area (Å²) in [5.41, 5.74) is 8.95. The molecule has 0 saturated carbocycles. The van der Waals surface area contributed by atoms with Crippen LogP contribution in [-0.2, 0) is 13.5 Å². The lowest BCUT2D eigenvalue weighted by Gasteiger charge is -2.30. The van der Waals surface area contributed by atoms with E-state index in [4.69, 9.17) is 10.5 Å². The second-order valence-electron chi connectivity index (χ2n) is 4.95. The second kappa shape index (κ2) is 5.46. The number of aromatic nitrogens is 3. The zero-order valence-electron chi connectivity index (χ0n) is 11.6. The minimum atomic E-state index is 0.0198. The van der Waals surface area contributed by atoms with Gasteiger partial charge in [0.1, 0.15) is 12.1 Å². The number of hydrogen-bond acceptors (Lipinski definition) is 5. The Balaban J connectivity index is 1.82. The number of fused-ring (bicyclic) bond motifs is 1. The second-order valence-corrected chi connectivity index (χ2v) is 6.16. The normalized spacial score (nSPS) is 21.6. The van der Waals surface area contributed by atoms with Crippen LogP contribution in [0.1, 0.15) is 23.6 Å². The van der Waals surface area contributed by atoms with E-state index in [9.17, 15) is 0 Å². The molecular formula is C14H18N4OS. The quantitative estimate of drug-likeness (QED) is 0.935. The van der Waals surface area contributed by atoms with Gasteiger partial charge in [-0.2, -0.15) is 5.10 Å². The van der Waals surface area contributed by atoms with E-state index in [1.165, 1.54) is 11.1 Å². The predicted molar refractivity (Wildman–Crippen MR) is 78.9 cm³/mol. The molecule has 5 nitrogen and oxygen atoms in total.